The molecule has 1 saturated heterocycles. The number of piperidine rings is 1. The van der Waals surface area contributed by atoms with Gasteiger partial charge in [0.1, 0.15) is 5.52 Å². The lowest BCUT2D eigenvalue weighted by molar-refractivity contribution is -0.117. The second kappa shape index (κ2) is 6.89. The molecule has 2 heterocycles. The molecule has 2 aliphatic rings. The van der Waals surface area contributed by atoms with Crippen molar-refractivity contribution < 1.29 is 9.21 Å². The highest BCUT2D eigenvalue weighted by Crippen LogP contribution is 2.40. The average molecular weight is 336 g/mol. The highest BCUT2D eigenvalue weighted by atomic mass is 35.5. The highest BCUT2D eigenvalue weighted by Gasteiger charge is 2.28. The average Bonchev–Trinajstić information content (AvgIpc) is 3.28. The fraction of sp³-hybridized carbons (Fsp3) is 0.529. The maximum absolute atomic E-state index is 12.2. The van der Waals surface area contributed by atoms with Crippen molar-refractivity contribution in [2.24, 2.45) is 5.92 Å². The molecule has 0 spiro atoms. The van der Waals surface area contributed by atoms with Gasteiger partial charge in [-0.25, -0.2) is 4.98 Å². The Balaban J connectivity index is 0.00000156. The fourth-order valence-corrected chi connectivity index (χ4v) is 3.09. The number of oxazole rings is 1. The van der Waals surface area contributed by atoms with Gasteiger partial charge in [-0.1, -0.05) is 0 Å². The third-order valence-corrected chi connectivity index (χ3v) is 4.55. The van der Waals surface area contributed by atoms with Crippen molar-refractivity contribution in [2.75, 3.05) is 18.4 Å². The maximum Gasteiger partial charge on any atom is 0.224 e. The summed E-state index contributed by atoms with van der Waals surface area (Å²) in [5, 5.41) is 6.32. The van der Waals surface area contributed by atoms with Crippen LogP contribution in [0.25, 0.3) is 11.1 Å². The molecule has 1 aromatic carbocycles. The molecule has 2 fully saturated rings. The van der Waals surface area contributed by atoms with E-state index in [4.69, 9.17) is 4.42 Å². The van der Waals surface area contributed by atoms with E-state index >= 15 is 0 Å². The fourth-order valence-electron chi connectivity index (χ4n) is 3.09. The molecule has 2 aromatic rings. The summed E-state index contributed by atoms with van der Waals surface area (Å²) in [6, 6.07) is 5.70. The Morgan fingerprint density at radius 1 is 1.26 bits per heavy atom. The van der Waals surface area contributed by atoms with Gasteiger partial charge in [0.2, 0.25) is 5.91 Å². The highest BCUT2D eigenvalue weighted by molar-refractivity contribution is 5.92. The summed E-state index contributed by atoms with van der Waals surface area (Å²) in [4.78, 5) is 16.7. The van der Waals surface area contributed by atoms with Crippen LogP contribution in [0.3, 0.4) is 0 Å². The molecule has 0 unspecified atom stereocenters. The predicted octanol–water partition coefficient (Wildman–Crippen LogP) is 3.46. The second-order valence-corrected chi connectivity index (χ2v) is 6.45. The number of fused-ring (bicyclic) bond motifs is 1. The quantitative estimate of drug-likeness (QED) is 0.898. The van der Waals surface area contributed by atoms with E-state index in [9.17, 15) is 4.79 Å². The predicted molar refractivity (Wildman–Crippen MR) is 92.1 cm³/mol. The third kappa shape index (κ3) is 3.85. The number of nitrogens with zero attached hydrogens (tertiary/aromatic N) is 1. The van der Waals surface area contributed by atoms with Crippen molar-refractivity contribution in [3.8, 4) is 0 Å². The molecule has 23 heavy (non-hydrogen) atoms. The molecule has 2 N–H and O–H groups in total. The van der Waals surface area contributed by atoms with Gasteiger partial charge >= 0.3 is 0 Å². The van der Waals surface area contributed by atoms with Gasteiger partial charge in [0.05, 0.1) is 0 Å². The van der Waals surface area contributed by atoms with Crippen LogP contribution in [0.15, 0.2) is 22.6 Å². The lowest BCUT2D eigenvalue weighted by Gasteiger charge is -2.21. The Labute approximate surface area is 141 Å². The van der Waals surface area contributed by atoms with Crippen LogP contribution in [0.4, 0.5) is 5.69 Å². The van der Waals surface area contributed by atoms with Crippen LogP contribution in [0.5, 0.6) is 0 Å². The largest absolute Gasteiger partial charge is 0.440 e. The lowest BCUT2D eigenvalue weighted by atomic mass is 9.94. The first kappa shape index (κ1) is 16.3. The summed E-state index contributed by atoms with van der Waals surface area (Å²) in [5.41, 5.74) is 2.45. The molecular weight excluding hydrogens is 314 g/mol. The van der Waals surface area contributed by atoms with E-state index in [1.165, 1.54) is 12.8 Å². The van der Waals surface area contributed by atoms with Gasteiger partial charge in [-0.15, -0.1) is 12.4 Å². The van der Waals surface area contributed by atoms with Crippen molar-refractivity contribution in [1.82, 2.24) is 10.3 Å². The van der Waals surface area contributed by atoms with Crippen LogP contribution >= 0.6 is 12.4 Å². The number of hydrogen-bond acceptors (Lipinski definition) is 4. The number of hydrogen-bond donors (Lipinski definition) is 2. The molecule has 1 amide bonds. The van der Waals surface area contributed by atoms with Crippen LogP contribution in [-0.2, 0) is 4.79 Å². The second-order valence-electron chi connectivity index (χ2n) is 6.45. The Hall–Kier alpha value is -1.59. The Morgan fingerprint density at radius 2 is 2.04 bits per heavy atom. The van der Waals surface area contributed by atoms with Gasteiger partial charge in [0.25, 0.3) is 0 Å². The van der Waals surface area contributed by atoms with E-state index < -0.39 is 0 Å². The molecule has 1 aliphatic carbocycles. The Kier molecular flexibility index (Phi) is 4.87. The first-order valence-corrected chi connectivity index (χ1v) is 8.19. The SMILES string of the molecule is Cl.O=C(CC1CCNCC1)Nc1ccc2oc(C3CC3)nc2c1. The molecule has 1 aromatic heterocycles. The molecule has 4 rings (SSSR count). The van der Waals surface area contributed by atoms with Crippen LogP contribution in [0.2, 0.25) is 0 Å². The van der Waals surface area contributed by atoms with Crippen molar-refractivity contribution in [2.45, 2.75) is 38.0 Å². The zero-order chi connectivity index (χ0) is 14.9. The summed E-state index contributed by atoms with van der Waals surface area (Å²) >= 11 is 0. The standard InChI is InChI=1S/C17H21N3O2.ClH/c21-16(9-11-5-7-18-8-6-11)19-13-3-4-15-14(10-13)20-17(22-15)12-1-2-12;/h3-4,10-12,18H,1-2,5-9H2,(H,19,21);1H. The van der Waals surface area contributed by atoms with Crippen molar-refractivity contribution in [3.05, 3.63) is 24.1 Å². The molecule has 1 aliphatic heterocycles. The van der Waals surface area contributed by atoms with Crippen molar-refractivity contribution >= 4 is 35.1 Å². The molecular formula is C17H22ClN3O2. The number of anilines is 1. The number of benzene rings is 1. The van der Waals surface area contributed by atoms with Crippen LogP contribution < -0.4 is 10.6 Å². The van der Waals surface area contributed by atoms with E-state index in [-0.39, 0.29) is 18.3 Å². The molecule has 124 valence electrons. The number of nitrogens with one attached hydrogen (secondary N) is 2. The minimum absolute atomic E-state index is 0. The zero-order valence-corrected chi connectivity index (χ0v) is 13.8. The minimum Gasteiger partial charge on any atom is -0.440 e. The number of carbonyl (C=O) groups is 1. The Bertz CT molecular complexity index is 690. The molecule has 6 heteroatoms. The monoisotopic (exact) mass is 335 g/mol. The van der Waals surface area contributed by atoms with Crippen LogP contribution in [0.1, 0.15) is 43.9 Å². The summed E-state index contributed by atoms with van der Waals surface area (Å²) in [6.07, 6.45) is 5.12. The summed E-state index contributed by atoms with van der Waals surface area (Å²) < 4.78 is 5.74. The van der Waals surface area contributed by atoms with E-state index in [0.717, 1.165) is 48.6 Å². The van der Waals surface area contributed by atoms with Crippen molar-refractivity contribution in [3.63, 3.8) is 0 Å². The molecule has 0 bridgehead atoms. The first-order chi connectivity index (χ1) is 10.8. The lowest BCUT2D eigenvalue weighted by Crippen LogP contribution is -2.30. The van der Waals surface area contributed by atoms with E-state index in [1.54, 1.807) is 0 Å². The number of amides is 1. The minimum atomic E-state index is 0. The van der Waals surface area contributed by atoms with Gasteiger partial charge in [0.15, 0.2) is 11.5 Å². The summed E-state index contributed by atoms with van der Waals surface area (Å²) in [7, 11) is 0. The molecule has 5 nitrogen and oxygen atoms in total. The van der Waals surface area contributed by atoms with Gasteiger partial charge in [-0.05, 0) is 62.9 Å². The molecule has 0 atom stereocenters. The van der Waals surface area contributed by atoms with Gasteiger partial charge in [-0.2, -0.15) is 0 Å². The van der Waals surface area contributed by atoms with Crippen LogP contribution in [-0.4, -0.2) is 24.0 Å². The number of carbonyl (C=O) groups excluding carboxylic acids is 1. The van der Waals surface area contributed by atoms with Crippen molar-refractivity contribution in [1.29, 1.82) is 0 Å². The number of aromatic nitrogens is 1. The molecule has 0 radical (unpaired) electrons. The Morgan fingerprint density at radius 3 is 2.78 bits per heavy atom. The van der Waals surface area contributed by atoms with E-state index in [0.29, 0.717) is 18.3 Å². The number of rotatable bonds is 4. The third-order valence-electron chi connectivity index (χ3n) is 4.55. The topological polar surface area (TPSA) is 67.2 Å². The zero-order valence-electron chi connectivity index (χ0n) is 13.0. The van der Waals surface area contributed by atoms with Gasteiger partial charge in [-0.3, -0.25) is 4.79 Å². The van der Waals surface area contributed by atoms with E-state index in [1.807, 2.05) is 18.2 Å². The number of halogens is 1. The summed E-state index contributed by atoms with van der Waals surface area (Å²) in [6.45, 7) is 2.04. The van der Waals surface area contributed by atoms with E-state index in [2.05, 4.69) is 15.6 Å². The normalized spacial score (nSPS) is 18.6. The van der Waals surface area contributed by atoms with Crippen LogP contribution in [0, 0.1) is 5.92 Å². The van der Waals surface area contributed by atoms with Gasteiger partial charge in [0, 0.05) is 18.0 Å². The van der Waals surface area contributed by atoms with Gasteiger partial charge < -0.3 is 15.1 Å². The maximum atomic E-state index is 12.2. The first-order valence-electron chi connectivity index (χ1n) is 8.19. The molecule has 1 saturated carbocycles. The summed E-state index contributed by atoms with van der Waals surface area (Å²) in [5.74, 6) is 1.94. The smallest absolute Gasteiger partial charge is 0.224 e.